The van der Waals surface area contributed by atoms with Crippen molar-refractivity contribution in [3.63, 3.8) is 0 Å². The van der Waals surface area contributed by atoms with Crippen LogP contribution < -0.4 is 0 Å². The molecule has 25 heavy (non-hydrogen) atoms. The Morgan fingerprint density at radius 1 is 1.28 bits per heavy atom. The molecule has 2 bridgehead atoms. The van der Waals surface area contributed by atoms with Crippen LogP contribution >= 0.6 is 0 Å². The van der Waals surface area contributed by atoms with Crippen LogP contribution in [0.15, 0.2) is 11.0 Å². The van der Waals surface area contributed by atoms with Crippen LogP contribution in [0.2, 0.25) is 0 Å². The van der Waals surface area contributed by atoms with Crippen LogP contribution in [-0.2, 0) is 25.4 Å². The molecule has 2 saturated carbocycles. The first-order valence-corrected chi connectivity index (χ1v) is 12.2. The van der Waals surface area contributed by atoms with Gasteiger partial charge in [-0.2, -0.15) is 0 Å². The molecule has 0 unspecified atom stereocenters. The predicted octanol–water partition coefficient (Wildman–Crippen LogP) is 3.30. The molecular weight excluding hydrogens is 356 g/mol. The summed E-state index contributed by atoms with van der Waals surface area (Å²) in [5.74, 6) is 0.290. The average molecular weight is 389 g/mol. The summed E-state index contributed by atoms with van der Waals surface area (Å²) in [6, 6.07) is 0. The standard InChI is InChI=1S/C19H32O4S2/c1-17(2,3)12-23-16-15(14-7-9-19(16,6)18(14,4)5)24(20)13-8-10-25(21,22)11-13/h8,14-16H,7,9-12H2,1-6H3/t14-,15-,16-,19+,24+/m1/s1. The van der Waals surface area contributed by atoms with E-state index in [1.54, 1.807) is 6.08 Å². The predicted molar refractivity (Wildman–Crippen MR) is 102 cm³/mol. The minimum absolute atomic E-state index is 0.0126. The Hall–Kier alpha value is -0.200. The molecule has 0 saturated heterocycles. The maximum atomic E-state index is 13.4. The second-order valence-electron chi connectivity index (χ2n) is 10.1. The molecule has 0 spiro atoms. The third kappa shape index (κ3) is 3.16. The lowest BCUT2D eigenvalue weighted by atomic mass is 9.70. The highest BCUT2D eigenvalue weighted by Gasteiger charge is 2.68. The van der Waals surface area contributed by atoms with Gasteiger partial charge in [-0.1, -0.05) is 47.6 Å². The van der Waals surface area contributed by atoms with Crippen molar-refractivity contribution in [2.45, 2.75) is 65.7 Å². The van der Waals surface area contributed by atoms with Crippen molar-refractivity contribution in [2.75, 3.05) is 18.1 Å². The Morgan fingerprint density at radius 2 is 1.92 bits per heavy atom. The number of sulfone groups is 1. The normalized spacial score (nSPS) is 40.2. The van der Waals surface area contributed by atoms with E-state index in [9.17, 15) is 12.6 Å². The molecule has 2 fully saturated rings. The summed E-state index contributed by atoms with van der Waals surface area (Å²) in [6.45, 7) is 13.9. The molecule has 6 heteroatoms. The van der Waals surface area contributed by atoms with Gasteiger partial charge in [-0.25, -0.2) is 8.42 Å². The largest absolute Gasteiger partial charge is 0.376 e. The second kappa shape index (κ2) is 5.90. The van der Waals surface area contributed by atoms with Crippen molar-refractivity contribution in [2.24, 2.45) is 22.2 Å². The van der Waals surface area contributed by atoms with Gasteiger partial charge in [-0.15, -0.1) is 0 Å². The summed E-state index contributed by atoms with van der Waals surface area (Å²) in [6.07, 6.45) is 3.73. The lowest BCUT2D eigenvalue weighted by Crippen LogP contribution is -2.45. The fraction of sp³-hybridized carbons (Fsp3) is 0.895. The topological polar surface area (TPSA) is 60.4 Å². The fourth-order valence-corrected chi connectivity index (χ4v) is 9.18. The molecule has 0 radical (unpaired) electrons. The van der Waals surface area contributed by atoms with Crippen LogP contribution in [0.1, 0.15) is 54.4 Å². The minimum Gasteiger partial charge on any atom is -0.376 e. The van der Waals surface area contributed by atoms with Crippen LogP contribution in [0, 0.1) is 22.2 Å². The van der Waals surface area contributed by atoms with E-state index in [1.165, 1.54) is 0 Å². The lowest BCUT2D eigenvalue weighted by Gasteiger charge is -2.41. The summed E-state index contributed by atoms with van der Waals surface area (Å²) in [7, 11) is -4.40. The van der Waals surface area contributed by atoms with Crippen molar-refractivity contribution in [3.05, 3.63) is 11.0 Å². The number of hydrogen-bond acceptors (Lipinski definition) is 4. The highest BCUT2D eigenvalue weighted by molar-refractivity contribution is 7.96. The van der Waals surface area contributed by atoms with Crippen molar-refractivity contribution < 1.29 is 17.4 Å². The van der Waals surface area contributed by atoms with Crippen molar-refractivity contribution in [3.8, 4) is 0 Å². The van der Waals surface area contributed by atoms with Crippen molar-refractivity contribution >= 4 is 20.6 Å². The minimum atomic E-state index is -3.11. The lowest BCUT2D eigenvalue weighted by molar-refractivity contribution is -0.0673. The number of rotatable bonds is 4. The number of fused-ring (bicyclic) bond motifs is 2. The Labute approximate surface area is 155 Å². The molecule has 1 heterocycles. The smallest absolute Gasteiger partial charge is 0.158 e. The zero-order valence-corrected chi connectivity index (χ0v) is 17.9. The van der Waals surface area contributed by atoms with E-state index in [2.05, 4.69) is 41.5 Å². The Kier molecular flexibility index (Phi) is 4.61. The third-order valence-electron chi connectivity index (χ3n) is 6.83. The summed E-state index contributed by atoms with van der Waals surface area (Å²) >= 11 is 0. The monoisotopic (exact) mass is 388 g/mol. The van der Waals surface area contributed by atoms with Crippen LogP contribution in [0.25, 0.3) is 0 Å². The Balaban J connectivity index is 1.91. The Morgan fingerprint density at radius 3 is 2.44 bits per heavy atom. The van der Waals surface area contributed by atoms with Gasteiger partial charge in [-0.3, -0.25) is 4.21 Å². The molecular formula is C19H32O4S2. The van der Waals surface area contributed by atoms with Crippen LogP contribution in [-0.4, -0.2) is 42.1 Å². The molecule has 1 aliphatic heterocycles. The second-order valence-corrected chi connectivity index (χ2v) is 13.8. The third-order valence-corrected chi connectivity index (χ3v) is 10.3. The zero-order chi connectivity index (χ0) is 18.8. The van der Waals surface area contributed by atoms with Gasteiger partial charge in [0.05, 0.1) is 40.3 Å². The summed E-state index contributed by atoms with van der Waals surface area (Å²) in [5.41, 5.74) is 0.0829. The van der Waals surface area contributed by atoms with E-state index >= 15 is 0 Å². The molecule has 144 valence electrons. The van der Waals surface area contributed by atoms with Gasteiger partial charge in [-0.05, 0) is 29.6 Å². The maximum absolute atomic E-state index is 13.4. The van der Waals surface area contributed by atoms with Gasteiger partial charge in [0.15, 0.2) is 9.84 Å². The molecule has 4 nitrogen and oxygen atoms in total. The van der Waals surface area contributed by atoms with E-state index in [-0.39, 0.29) is 39.1 Å². The van der Waals surface area contributed by atoms with E-state index < -0.39 is 20.6 Å². The highest BCUT2D eigenvalue weighted by Crippen LogP contribution is 2.67. The van der Waals surface area contributed by atoms with Crippen molar-refractivity contribution in [1.82, 2.24) is 0 Å². The van der Waals surface area contributed by atoms with Crippen LogP contribution in [0.5, 0.6) is 0 Å². The first-order valence-electron chi connectivity index (χ1n) is 9.20. The number of hydrogen-bond donors (Lipinski definition) is 0. The average Bonchev–Trinajstić information content (AvgIpc) is 2.98. The molecule has 0 aromatic carbocycles. The summed E-state index contributed by atoms with van der Waals surface area (Å²) in [4.78, 5) is 0.598. The van der Waals surface area contributed by atoms with Gasteiger partial charge >= 0.3 is 0 Å². The quantitative estimate of drug-likeness (QED) is 0.741. The van der Waals surface area contributed by atoms with Gasteiger partial charge in [0.1, 0.15) is 0 Å². The van der Waals surface area contributed by atoms with Crippen LogP contribution in [0.4, 0.5) is 0 Å². The van der Waals surface area contributed by atoms with Crippen molar-refractivity contribution in [1.29, 1.82) is 0 Å². The van der Waals surface area contributed by atoms with E-state index in [0.717, 1.165) is 12.8 Å². The zero-order valence-electron chi connectivity index (χ0n) is 16.3. The Bertz CT molecular complexity index is 714. The molecule has 0 amide bonds. The molecule has 3 aliphatic rings. The molecule has 2 aliphatic carbocycles. The van der Waals surface area contributed by atoms with E-state index in [0.29, 0.717) is 17.4 Å². The number of ether oxygens (including phenoxy) is 1. The fourth-order valence-electron chi connectivity index (χ4n) is 4.97. The van der Waals surface area contributed by atoms with Gasteiger partial charge in [0, 0.05) is 10.3 Å². The summed E-state index contributed by atoms with van der Waals surface area (Å²) < 4.78 is 43.5. The molecule has 5 atom stereocenters. The molecule has 0 N–H and O–H groups in total. The van der Waals surface area contributed by atoms with Gasteiger partial charge < -0.3 is 4.74 Å². The van der Waals surface area contributed by atoms with Crippen LogP contribution in [0.3, 0.4) is 0 Å². The summed E-state index contributed by atoms with van der Waals surface area (Å²) in [5, 5.41) is -0.101. The van der Waals surface area contributed by atoms with E-state index in [4.69, 9.17) is 4.74 Å². The molecule has 0 aromatic rings. The maximum Gasteiger partial charge on any atom is 0.158 e. The van der Waals surface area contributed by atoms with Gasteiger partial charge in [0.25, 0.3) is 0 Å². The first kappa shape index (κ1) is 19.6. The highest BCUT2D eigenvalue weighted by atomic mass is 32.2. The molecule has 0 aromatic heterocycles. The SMILES string of the molecule is CC(C)(C)CO[C@@H]1[C@H]([S@@](=O)C2=CCS(=O)(=O)C2)[C@H]2CC[C@]1(C)C2(C)C. The molecule has 3 rings (SSSR count). The first-order chi connectivity index (χ1) is 11.3. The van der Waals surface area contributed by atoms with Gasteiger partial charge in [0.2, 0.25) is 0 Å². The van der Waals surface area contributed by atoms with E-state index in [1.807, 2.05) is 0 Å².